The first kappa shape index (κ1) is 28.5. The molecule has 1 atom stereocenters. The van der Waals surface area contributed by atoms with Gasteiger partial charge in [0.25, 0.3) is 0 Å². The van der Waals surface area contributed by atoms with Crippen LogP contribution in [0.2, 0.25) is 0 Å². The van der Waals surface area contributed by atoms with Crippen molar-refractivity contribution in [1.82, 2.24) is 14.5 Å². The van der Waals surface area contributed by atoms with Crippen LogP contribution in [0.25, 0.3) is 55.0 Å². The van der Waals surface area contributed by atoms with E-state index in [1.807, 2.05) is 6.07 Å². The third-order valence-electron chi connectivity index (χ3n) is 10.0. The highest BCUT2D eigenvalue weighted by Gasteiger charge is 2.23. The van der Waals surface area contributed by atoms with E-state index in [4.69, 9.17) is 9.98 Å². The molecule has 8 aromatic rings. The van der Waals surface area contributed by atoms with Crippen LogP contribution in [0.4, 0.5) is 0 Å². The van der Waals surface area contributed by atoms with E-state index in [1.165, 1.54) is 49.2 Å². The number of benzene rings is 6. The lowest BCUT2D eigenvalue weighted by molar-refractivity contribution is 0.672. The molecule has 10 rings (SSSR count). The lowest BCUT2D eigenvalue weighted by Crippen LogP contribution is -2.33. The van der Waals surface area contributed by atoms with Gasteiger partial charge in [0.15, 0.2) is 5.84 Å². The molecule has 0 bridgehead atoms. The van der Waals surface area contributed by atoms with Crippen molar-refractivity contribution in [3.63, 3.8) is 0 Å². The van der Waals surface area contributed by atoms with Gasteiger partial charge in [-0.2, -0.15) is 0 Å². The zero-order valence-corrected chi connectivity index (χ0v) is 27.4. The van der Waals surface area contributed by atoms with E-state index in [-0.39, 0.29) is 6.17 Å². The molecule has 238 valence electrons. The molecular formula is C45H33N5. The lowest BCUT2D eigenvalue weighted by Gasteiger charge is -2.25. The summed E-state index contributed by atoms with van der Waals surface area (Å²) in [5.41, 5.74) is 10.3. The first-order chi connectivity index (χ1) is 24.8. The van der Waals surface area contributed by atoms with Crippen molar-refractivity contribution in [3.8, 4) is 11.4 Å². The smallest absolute Gasteiger partial charge is 0.155 e. The van der Waals surface area contributed by atoms with Crippen molar-refractivity contribution in [2.24, 2.45) is 9.98 Å². The van der Waals surface area contributed by atoms with E-state index in [0.717, 1.165) is 47.0 Å². The van der Waals surface area contributed by atoms with Crippen molar-refractivity contribution in [1.29, 1.82) is 0 Å². The molecule has 1 N–H and O–H groups in total. The molecular weight excluding hydrogens is 611 g/mol. The number of hydrogen-bond donors (Lipinski definition) is 1. The van der Waals surface area contributed by atoms with Crippen LogP contribution in [0.3, 0.4) is 0 Å². The van der Waals surface area contributed by atoms with E-state index in [0.29, 0.717) is 0 Å². The second-order valence-electron chi connectivity index (χ2n) is 13.0. The second-order valence-corrected chi connectivity index (χ2v) is 13.0. The fourth-order valence-electron chi connectivity index (χ4n) is 7.71. The molecule has 5 heteroatoms. The number of para-hydroxylation sites is 3. The normalized spacial score (nSPS) is 16.1. The number of nitrogens with zero attached hydrogens (tertiary/aromatic N) is 4. The minimum atomic E-state index is -0.278. The predicted molar refractivity (Wildman–Crippen MR) is 208 cm³/mol. The Morgan fingerprint density at radius 2 is 1.18 bits per heavy atom. The van der Waals surface area contributed by atoms with Gasteiger partial charge in [-0.25, -0.2) is 9.98 Å². The maximum atomic E-state index is 5.19. The Kier molecular flexibility index (Phi) is 6.62. The minimum Gasteiger partial charge on any atom is -0.344 e. The Hall–Kier alpha value is -6.46. The number of nitrogens with one attached hydrogen (secondary N) is 1. The largest absolute Gasteiger partial charge is 0.344 e. The molecule has 5 nitrogen and oxygen atoms in total. The number of aliphatic imine (C=N–C) groups is 2. The molecule has 2 aromatic heterocycles. The summed E-state index contributed by atoms with van der Waals surface area (Å²) in [5, 5.41) is 8.63. The van der Waals surface area contributed by atoms with E-state index >= 15 is 0 Å². The van der Waals surface area contributed by atoms with E-state index in [2.05, 4.69) is 172 Å². The molecule has 1 aliphatic carbocycles. The van der Waals surface area contributed by atoms with E-state index < -0.39 is 0 Å². The van der Waals surface area contributed by atoms with Crippen molar-refractivity contribution < 1.29 is 0 Å². The molecule has 50 heavy (non-hydrogen) atoms. The third kappa shape index (κ3) is 4.62. The monoisotopic (exact) mass is 643 g/mol. The molecule has 2 aliphatic rings. The number of rotatable bonds is 5. The minimum absolute atomic E-state index is 0.278. The van der Waals surface area contributed by atoms with Gasteiger partial charge in [-0.1, -0.05) is 115 Å². The molecule has 0 saturated carbocycles. The van der Waals surface area contributed by atoms with Crippen LogP contribution in [0, 0.1) is 0 Å². The van der Waals surface area contributed by atoms with Gasteiger partial charge in [0.1, 0.15) is 12.0 Å². The fraction of sp³-hybridized carbons (Fsp3) is 0.0667. The Morgan fingerprint density at radius 1 is 0.560 bits per heavy atom. The van der Waals surface area contributed by atoms with Crippen molar-refractivity contribution in [2.45, 2.75) is 19.0 Å². The zero-order chi connectivity index (χ0) is 33.0. The Bertz CT molecular complexity index is 2680. The van der Waals surface area contributed by atoms with Crippen LogP contribution in [0.5, 0.6) is 0 Å². The summed E-state index contributed by atoms with van der Waals surface area (Å²) in [6.07, 6.45) is 8.13. The van der Waals surface area contributed by atoms with Crippen LogP contribution < -0.4 is 5.32 Å². The van der Waals surface area contributed by atoms with Crippen molar-refractivity contribution >= 4 is 55.3 Å². The van der Waals surface area contributed by atoms with Crippen molar-refractivity contribution in [3.05, 3.63) is 181 Å². The highest BCUT2D eigenvalue weighted by molar-refractivity contribution is 6.14. The number of allylic oxidation sites excluding steroid dienone is 3. The Labute approximate surface area is 289 Å². The maximum Gasteiger partial charge on any atom is 0.155 e. The quantitative estimate of drug-likeness (QED) is 0.199. The van der Waals surface area contributed by atoms with Crippen LogP contribution >= 0.6 is 0 Å². The number of amidine groups is 2. The molecule has 0 fully saturated rings. The van der Waals surface area contributed by atoms with Gasteiger partial charge in [0.05, 0.1) is 22.1 Å². The van der Waals surface area contributed by atoms with Gasteiger partial charge in [-0.05, 0) is 72.5 Å². The van der Waals surface area contributed by atoms with E-state index in [9.17, 15) is 0 Å². The zero-order valence-electron chi connectivity index (χ0n) is 27.4. The molecule has 1 aliphatic heterocycles. The number of fused-ring (bicyclic) bond motifs is 6. The molecule has 6 aromatic carbocycles. The Balaban J connectivity index is 1.11. The summed E-state index contributed by atoms with van der Waals surface area (Å²) >= 11 is 0. The second kappa shape index (κ2) is 11.6. The first-order valence-electron chi connectivity index (χ1n) is 17.3. The number of aromatic nitrogens is 2. The number of hydrogen-bond acceptors (Lipinski definition) is 3. The standard InChI is InChI=1S/C45H33N5/c1-3-14-30(15-4-1)43-46-44(31-16-5-2-6-17-31)48-45(47-43)32-18-13-19-33(28-32)49-41-25-12-9-22-37(41)38-29-34(26-27-42(38)49)50-39-23-10-7-20-35(39)36-21-8-11-24-40(36)50/h1-5,7-16,18-29,45H,6,17H2,(H,46,47,48). The van der Waals surface area contributed by atoms with Crippen LogP contribution in [-0.4, -0.2) is 20.8 Å². The molecule has 0 spiro atoms. The van der Waals surface area contributed by atoms with Gasteiger partial charge >= 0.3 is 0 Å². The molecule has 0 radical (unpaired) electrons. The lowest BCUT2D eigenvalue weighted by atomic mass is 10.0. The molecule has 0 amide bonds. The fourth-order valence-corrected chi connectivity index (χ4v) is 7.71. The average molecular weight is 644 g/mol. The summed E-state index contributed by atoms with van der Waals surface area (Å²) in [6, 6.07) is 52.1. The maximum absolute atomic E-state index is 5.19. The SMILES string of the molecule is C1=CCCC(C2=NC(c3cccc(-n4c5ccccc5c5cc(-n6c7ccccc7c7ccccc76)ccc54)c3)NC(c3ccccc3)=N2)=C1. The summed E-state index contributed by atoms with van der Waals surface area (Å²) in [6.45, 7) is 0. The Morgan fingerprint density at radius 3 is 1.86 bits per heavy atom. The summed E-state index contributed by atoms with van der Waals surface area (Å²) in [4.78, 5) is 10.2. The highest BCUT2D eigenvalue weighted by Crippen LogP contribution is 2.37. The average Bonchev–Trinajstić information content (AvgIpc) is 3.71. The van der Waals surface area contributed by atoms with Crippen LogP contribution in [-0.2, 0) is 0 Å². The molecule has 0 saturated heterocycles. The molecule has 3 heterocycles. The highest BCUT2D eigenvalue weighted by atomic mass is 15.2. The third-order valence-corrected chi connectivity index (χ3v) is 10.0. The van der Waals surface area contributed by atoms with Gasteiger partial charge in [-0.15, -0.1) is 0 Å². The first-order valence-corrected chi connectivity index (χ1v) is 17.3. The topological polar surface area (TPSA) is 46.6 Å². The van der Waals surface area contributed by atoms with Crippen LogP contribution in [0.1, 0.15) is 30.1 Å². The van der Waals surface area contributed by atoms with Crippen molar-refractivity contribution in [2.75, 3.05) is 0 Å². The van der Waals surface area contributed by atoms with Gasteiger partial charge in [-0.3, -0.25) is 0 Å². The van der Waals surface area contributed by atoms with Gasteiger partial charge < -0.3 is 14.5 Å². The van der Waals surface area contributed by atoms with E-state index in [1.54, 1.807) is 0 Å². The summed E-state index contributed by atoms with van der Waals surface area (Å²) in [7, 11) is 0. The molecule has 1 unspecified atom stereocenters. The van der Waals surface area contributed by atoms with Crippen LogP contribution in [0.15, 0.2) is 179 Å². The predicted octanol–water partition coefficient (Wildman–Crippen LogP) is 10.6. The summed E-state index contributed by atoms with van der Waals surface area (Å²) in [5.74, 6) is 1.65. The van der Waals surface area contributed by atoms with Gasteiger partial charge in [0.2, 0.25) is 0 Å². The summed E-state index contributed by atoms with van der Waals surface area (Å²) < 4.78 is 4.78. The van der Waals surface area contributed by atoms with Gasteiger partial charge in [0, 0.05) is 38.5 Å².